The minimum Gasteiger partial charge on any atom is -0.461 e. The van der Waals surface area contributed by atoms with Crippen molar-refractivity contribution >= 4 is 5.91 Å². The first-order chi connectivity index (χ1) is 10.8. The van der Waals surface area contributed by atoms with Crippen molar-refractivity contribution in [1.82, 2.24) is 15.5 Å². The van der Waals surface area contributed by atoms with Crippen molar-refractivity contribution in [3.8, 4) is 11.5 Å². The highest BCUT2D eigenvalue weighted by Crippen LogP contribution is 2.20. The number of hydrogen-bond acceptors (Lipinski definition) is 5. The first-order valence-corrected chi connectivity index (χ1v) is 6.96. The average Bonchev–Trinajstić information content (AvgIpc) is 3.22. The van der Waals surface area contributed by atoms with Crippen molar-refractivity contribution in [2.75, 3.05) is 0 Å². The Hall–Kier alpha value is -2.89. The van der Waals surface area contributed by atoms with Gasteiger partial charge in [0.25, 0.3) is 0 Å². The fraction of sp³-hybridized carbons (Fsp3) is 0.188. The summed E-state index contributed by atoms with van der Waals surface area (Å²) in [6, 6.07) is 9.13. The van der Waals surface area contributed by atoms with Gasteiger partial charge in [-0.05, 0) is 30.2 Å². The molecule has 0 aromatic carbocycles. The van der Waals surface area contributed by atoms with E-state index < -0.39 is 0 Å². The van der Waals surface area contributed by atoms with Gasteiger partial charge in [0.05, 0.1) is 12.8 Å². The van der Waals surface area contributed by atoms with Gasteiger partial charge in [-0.25, -0.2) is 0 Å². The Balaban J connectivity index is 1.47. The molecule has 0 atom stereocenters. The van der Waals surface area contributed by atoms with Crippen molar-refractivity contribution in [2.24, 2.45) is 0 Å². The van der Waals surface area contributed by atoms with E-state index in [1.165, 1.54) is 0 Å². The summed E-state index contributed by atoms with van der Waals surface area (Å²) in [6.07, 6.45) is 6.12. The van der Waals surface area contributed by atoms with Gasteiger partial charge in [0.1, 0.15) is 5.69 Å². The third kappa shape index (κ3) is 3.60. The molecule has 0 saturated heterocycles. The van der Waals surface area contributed by atoms with Gasteiger partial charge < -0.3 is 14.3 Å². The predicted octanol–water partition coefficient (Wildman–Crippen LogP) is 2.58. The van der Waals surface area contributed by atoms with Crippen LogP contribution >= 0.6 is 0 Å². The summed E-state index contributed by atoms with van der Waals surface area (Å²) in [6.45, 7) is 0.329. The van der Waals surface area contributed by atoms with E-state index >= 15 is 0 Å². The summed E-state index contributed by atoms with van der Waals surface area (Å²) in [7, 11) is 0. The molecule has 3 aromatic rings. The molecule has 6 nitrogen and oxygen atoms in total. The number of nitrogens with zero attached hydrogens (tertiary/aromatic N) is 2. The molecule has 6 heteroatoms. The molecule has 3 aromatic heterocycles. The van der Waals surface area contributed by atoms with E-state index in [4.69, 9.17) is 8.94 Å². The number of pyridine rings is 1. The molecule has 0 bridgehead atoms. The summed E-state index contributed by atoms with van der Waals surface area (Å²) in [4.78, 5) is 15.8. The zero-order chi connectivity index (χ0) is 15.2. The maximum atomic E-state index is 11.8. The topological polar surface area (TPSA) is 81.2 Å². The van der Waals surface area contributed by atoms with Gasteiger partial charge in [0, 0.05) is 24.9 Å². The summed E-state index contributed by atoms with van der Waals surface area (Å²) in [5.74, 6) is 1.12. The molecule has 1 N–H and O–H groups in total. The minimum atomic E-state index is -0.0357. The largest absolute Gasteiger partial charge is 0.461 e. The number of carbonyl (C=O) groups is 1. The van der Waals surface area contributed by atoms with E-state index in [0.717, 1.165) is 5.56 Å². The molecule has 0 aliphatic heterocycles. The van der Waals surface area contributed by atoms with Gasteiger partial charge in [-0.2, -0.15) is 0 Å². The molecule has 0 aliphatic carbocycles. The number of furan rings is 1. The zero-order valence-electron chi connectivity index (χ0n) is 11.9. The second-order valence-corrected chi connectivity index (χ2v) is 4.80. The van der Waals surface area contributed by atoms with Crippen molar-refractivity contribution < 1.29 is 13.7 Å². The Morgan fingerprint density at radius 2 is 2.18 bits per heavy atom. The first-order valence-electron chi connectivity index (χ1n) is 6.96. The van der Waals surface area contributed by atoms with Crippen LogP contribution in [0, 0.1) is 0 Å². The summed E-state index contributed by atoms with van der Waals surface area (Å²) in [5, 5.41) is 6.72. The quantitative estimate of drug-likeness (QED) is 0.756. The Bertz CT molecular complexity index is 720. The monoisotopic (exact) mass is 297 g/mol. The van der Waals surface area contributed by atoms with Crippen LogP contribution in [-0.2, 0) is 17.8 Å². The lowest BCUT2D eigenvalue weighted by molar-refractivity contribution is -0.121. The molecule has 3 rings (SSSR count). The zero-order valence-corrected chi connectivity index (χ0v) is 11.9. The van der Waals surface area contributed by atoms with Gasteiger partial charge in [0.15, 0.2) is 5.76 Å². The lowest BCUT2D eigenvalue weighted by Crippen LogP contribution is -2.23. The highest BCUT2D eigenvalue weighted by Gasteiger charge is 2.10. The van der Waals surface area contributed by atoms with Crippen LogP contribution in [0.5, 0.6) is 0 Å². The number of amides is 1. The van der Waals surface area contributed by atoms with Crippen LogP contribution in [0.2, 0.25) is 0 Å². The number of carbonyl (C=O) groups excluding carboxylic acids is 1. The maximum Gasteiger partial charge on any atom is 0.220 e. The van der Waals surface area contributed by atoms with Crippen LogP contribution in [0.3, 0.4) is 0 Å². The Kier molecular flexibility index (Phi) is 4.29. The molecule has 0 unspecified atom stereocenters. The molecule has 0 spiro atoms. The second kappa shape index (κ2) is 6.71. The average molecular weight is 297 g/mol. The van der Waals surface area contributed by atoms with Gasteiger partial charge in [-0.15, -0.1) is 0 Å². The van der Waals surface area contributed by atoms with Crippen LogP contribution < -0.4 is 5.32 Å². The Labute approximate surface area is 127 Å². The van der Waals surface area contributed by atoms with Crippen molar-refractivity contribution in [1.29, 1.82) is 0 Å². The molecule has 22 heavy (non-hydrogen) atoms. The third-order valence-corrected chi connectivity index (χ3v) is 3.15. The lowest BCUT2D eigenvalue weighted by atomic mass is 10.1. The third-order valence-electron chi connectivity index (χ3n) is 3.15. The fourth-order valence-electron chi connectivity index (χ4n) is 2.01. The number of hydrogen-bond donors (Lipinski definition) is 1. The van der Waals surface area contributed by atoms with E-state index in [0.29, 0.717) is 36.6 Å². The highest BCUT2D eigenvalue weighted by molar-refractivity contribution is 5.76. The number of rotatable bonds is 6. The van der Waals surface area contributed by atoms with E-state index in [-0.39, 0.29) is 5.91 Å². The van der Waals surface area contributed by atoms with E-state index in [1.807, 2.05) is 12.1 Å². The first kappa shape index (κ1) is 14.1. The van der Waals surface area contributed by atoms with E-state index in [9.17, 15) is 4.79 Å². The van der Waals surface area contributed by atoms with Crippen molar-refractivity contribution in [3.63, 3.8) is 0 Å². The van der Waals surface area contributed by atoms with Crippen LogP contribution in [-0.4, -0.2) is 16.0 Å². The molecule has 0 aliphatic rings. The van der Waals surface area contributed by atoms with Crippen LogP contribution in [0.4, 0.5) is 0 Å². The smallest absolute Gasteiger partial charge is 0.220 e. The molecule has 0 fully saturated rings. The second-order valence-electron chi connectivity index (χ2n) is 4.80. The molecule has 3 heterocycles. The molecule has 0 radical (unpaired) electrons. The van der Waals surface area contributed by atoms with Crippen molar-refractivity contribution in [3.05, 3.63) is 60.2 Å². The van der Waals surface area contributed by atoms with Crippen LogP contribution in [0.15, 0.2) is 57.9 Å². The predicted molar refractivity (Wildman–Crippen MR) is 78.6 cm³/mol. The maximum absolute atomic E-state index is 11.8. The number of aromatic nitrogens is 2. The number of nitrogens with one attached hydrogen (secondary N) is 1. The van der Waals surface area contributed by atoms with Crippen LogP contribution in [0.1, 0.15) is 17.7 Å². The van der Waals surface area contributed by atoms with Gasteiger partial charge in [0.2, 0.25) is 11.7 Å². The SMILES string of the molecule is O=C(CCc1cccnc1)NCc1cc(-c2ccco2)on1. The Morgan fingerprint density at radius 3 is 2.95 bits per heavy atom. The molecule has 112 valence electrons. The van der Waals surface area contributed by atoms with Gasteiger partial charge in [-0.1, -0.05) is 11.2 Å². The molecule has 1 amide bonds. The summed E-state index contributed by atoms with van der Waals surface area (Å²) < 4.78 is 10.4. The lowest BCUT2D eigenvalue weighted by Gasteiger charge is -2.02. The van der Waals surface area contributed by atoms with Gasteiger partial charge >= 0.3 is 0 Å². The van der Waals surface area contributed by atoms with Gasteiger partial charge in [-0.3, -0.25) is 9.78 Å². The minimum absolute atomic E-state index is 0.0357. The van der Waals surface area contributed by atoms with E-state index in [2.05, 4.69) is 15.5 Å². The Morgan fingerprint density at radius 1 is 1.23 bits per heavy atom. The molecular weight excluding hydrogens is 282 g/mol. The van der Waals surface area contributed by atoms with Crippen molar-refractivity contribution in [2.45, 2.75) is 19.4 Å². The summed E-state index contributed by atoms with van der Waals surface area (Å²) >= 11 is 0. The normalized spacial score (nSPS) is 10.5. The van der Waals surface area contributed by atoms with Crippen LogP contribution in [0.25, 0.3) is 11.5 Å². The highest BCUT2D eigenvalue weighted by atomic mass is 16.5. The number of aryl methyl sites for hydroxylation is 1. The fourth-order valence-corrected chi connectivity index (χ4v) is 2.01. The molecule has 0 saturated carbocycles. The van der Waals surface area contributed by atoms with E-state index in [1.54, 1.807) is 36.9 Å². The standard InChI is InChI=1S/C16H15N3O3/c20-16(6-5-12-3-1-7-17-10-12)18-11-13-9-15(22-19-13)14-4-2-8-21-14/h1-4,7-10H,5-6,11H2,(H,18,20). The molecular formula is C16H15N3O3. The summed E-state index contributed by atoms with van der Waals surface area (Å²) in [5.41, 5.74) is 1.69.